The van der Waals surface area contributed by atoms with Gasteiger partial charge in [0.15, 0.2) is 0 Å². The molecule has 2 aromatic rings. The van der Waals surface area contributed by atoms with Crippen LogP contribution in [0.4, 0.5) is 10.1 Å². The number of halogens is 1. The summed E-state index contributed by atoms with van der Waals surface area (Å²) in [4.78, 5) is 38.2. The third-order valence-corrected chi connectivity index (χ3v) is 4.93. The third-order valence-electron chi connectivity index (χ3n) is 4.93. The minimum atomic E-state index is -1.25. The lowest BCUT2D eigenvalue weighted by Gasteiger charge is -2.36. The Kier molecular flexibility index (Phi) is 5.96. The van der Waals surface area contributed by atoms with Gasteiger partial charge in [0, 0.05) is 19.4 Å². The summed E-state index contributed by atoms with van der Waals surface area (Å²) in [5.74, 6) is -2.58. The van der Waals surface area contributed by atoms with Crippen molar-refractivity contribution < 1.29 is 23.9 Å². The highest BCUT2D eigenvalue weighted by atomic mass is 19.1. The molecule has 6 nitrogen and oxygen atoms in total. The molecule has 2 aromatic carbocycles. The maximum absolute atomic E-state index is 14.2. The lowest BCUT2D eigenvalue weighted by molar-refractivity contribution is -0.140. The molecule has 0 fully saturated rings. The van der Waals surface area contributed by atoms with Gasteiger partial charge in [0.2, 0.25) is 11.8 Å². The van der Waals surface area contributed by atoms with Gasteiger partial charge in [-0.1, -0.05) is 38.1 Å². The number of nitrogens with one attached hydrogen (secondary N) is 1. The van der Waals surface area contributed by atoms with E-state index in [1.54, 1.807) is 4.90 Å². The van der Waals surface area contributed by atoms with Crippen LogP contribution in [0.2, 0.25) is 0 Å². The van der Waals surface area contributed by atoms with E-state index in [9.17, 15) is 18.8 Å². The van der Waals surface area contributed by atoms with E-state index in [0.29, 0.717) is 19.4 Å². The van der Waals surface area contributed by atoms with Gasteiger partial charge in [-0.25, -0.2) is 9.18 Å². The zero-order valence-electron chi connectivity index (χ0n) is 16.3. The second-order valence-electron chi connectivity index (χ2n) is 7.60. The first-order valence-electron chi connectivity index (χ1n) is 9.46. The lowest BCUT2D eigenvalue weighted by atomic mass is 9.92. The molecule has 29 heavy (non-hydrogen) atoms. The van der Waals surface area contributed by atoms with Gasteiger partial charge in [-0.3, -0.25) is 9.59 Å². The second-order valence-corrected chi connectivity index (χ2v) is 7.60. The molecule has 3 rings (SSSR count). The van der Waals surface area contributed by atoms with Gasteiger partial charge >= 0.3 is 5.97 Å². The number of rotatable bonds is 5. The van der Waals surface area contributed by atoms with E-state index in [1.807, 2.05) is 38.1 Å². The maximum Gasteiger partial charge on any atom is 0.335 e. The van der Waals surface area contributed by atoms with Crippen molar-refractivity contribution in [2.45, 2.75) is 39.3 Å². The first-order valence-corrected chi connectivity index (χ1v) is 9.46. The Balaban J connectivity index is 1.86. The molecule has 0 radical (unpaired) electrons. The van der Waals surface area contributed by atoms with Crippen molar-refractivity contribution in [3.8, 4) is 0 Å². The van der Waals surface area contributed by atoms with E-state index < -0.39 is 23.7 Å². The van der Waals surface area contributed by atoms with Crippen molar-refractivity contribution in [1.82, 2.24) is 4.90 Å². The van der Waals surface area contributed by atoms with Crippen molar-refractivity contribution in [3.05, 3.63) is 65.0 Å². The number of aromatic carboxylic acids is 1. The van der Waals surface area contributed by atoms with Crippen molar-refractivity contribution in [1.29, 1.82) is 0 Å². The summed E-state index contributed by atoms with van der Waals surface area (Å²) in [6.45, 7) is 4.19. The Bertz CT molecular complexity index is 958. The zero-order chi connectivity index (χ0) is 21.1. The van der Waals surface area contributed by atoms with Crippen molar-refractivity contribution >= 4 is 23.5 Å². The van der Waals surface area contributed by atoms with Gasteiger partial charge in [0.05, 0.1) is 11.3 Å². The fourth-order valence-electron chi connectivity index (χ4n) is 3.45. The largest absolute Gasteiger partial charge is 0.478 e. The maximum atomic E-state index is 14.2. The molecule has 152 valence electrons. The number of anilines is 1. The van der Waals surface area contributed by atoms with Gasteiger partial charge in [-0.2, -0.15) is 0 Å². The number of carbonyl (C=O) groups excluding carboxylic acids is 2. The number of hydrogen-bond acceptors (Lipinski definition) is 3. The highest BCUT2D eigenvalue weighted by Crippen LogP contribution is 2.26. The highest BCUT2D eigenvalue weighted by Gasteiger charge is 2.34. The van der Waals surface area contributed by atoms with Crippen LogP contribution < -0.4 is 5.32 Å². The molecule has 0 bridgehead atoms. The molecule has 2 amide bonds. The summed E-state index contributed by atoms with van der Waals surface area (Å²) in [6, 6.07) is 10.1. The predicted molar refractivity (Wildman–Crippen MR) is 106 cm³/mol. The minimum Gasteiger partial charge on any atom is -0.478 e. The molecule has 7 heteroatoms. The molecule has 1 aliphatic rings. The molecular formula is C22H23FN2O4. The second kappa shape index (κ2) is 8.43. The molecule has 1 atom stereocenters. The lowest BCUT2D eigenvalue weighted by Crippen LogP contribution is -2.50. The molecule has 2 N–H and O–H groups in total. The van der Waals surface area contributed by atoms with E-state index in [2.05, 4.69) is 5.32 Å². The quantitative estimate of drug-likeness (QED) is 0.808. The number of carboxylic acids is 1. The van der Waals surface area contributed by atoms with Crippen molar-refractivity contribution in [2.24, 2.45) is 5.92 Å². The van der Waals surface area contributed by atoms with Gasteiger partial charge in [-0.05, 0) is 35.2 Å². The van der Waals surface area contributed by atoms with Crippen molar-refractivity contribution in [2.75, 3.05) is 5.32 Å². The Morgan fingerprint density at radius 3 is 2.48 bits per heavy atom. The topological polar surface area (TPSA) is 86.7 Å². The average molecular weight is 398 g/mol. The highest BCUT2D eigenvalue weighted by molar-refractivity contribution is 5.98. The standard InChI is InChI=1S/C22H23FN2O4/c1-13(2)9-20(26)25-12-16-6-4-3-5-14(16)11-19(25)21(27)24-18-8-7-15(22(28)29)10-17(18)23/h3-8,10,13,19H,9,11-12H2,1-2H3,(H,24,27)(H,28,29). The first kappa shape index (κ1) is 20.5. The Hall–Kier alpha value is -3.22. The zero-order valence-corrected chi connectivity index (χ0v) is 16.3. The fourth-order valence-corrected chi connectivity index (χ4v) is 3.45. The number of benzene rings is 2. The predicted octanol–water partition coefficient (Wildman–Crippen LogP) is 3.46. The van der Waals surface area contributed by atoms with Gasteiger partial charge < -0.3 is 15.3 Å². The van der Waals surface area contributed by atoms with Crippen molar-refractivity contribution in [3.63, 3.8) is 0 Å². The third kappa shape index (κ3) is 4.62. The molecular weight excluding hydrogens is 375 g/mol. The SMILES string of the molecule is CC(C)CC(=O)N1Cc2ccccc2CC1C(=O)Nc1ccc(C(=O)O)cc1F. The first-order chi connectivity index (χ1) is 13.8. The number of amides is 2. The van der Waals surface area contributed by atoms with Crippen LogP contribution in [0.3, 0.4) is 0 Å². The van der Waals surface area contributed by atoms with E-state index in [1.165, 1.54) is 12.1 Å². The van der Waals surface area contributed by atoms with Crippen LogP contribution in [0.1, 0.15) is 41.8 Å². The van der Waals surface area contributed by atoms with E-state index >= 15 is 0 Å². The molecule has 0 saturated heterocycles. The Labute approximate surface area is 168 Å². The van der Waals surface area contributed by atoms with Gasteiger partial charge in [0.25, 0.3) is 0 Å². The Morgan fingerprint density at radius 2 is 1.86 bits per heavy atom. The van der Waals surface area contributed by atoms with Crippen LogP contribution in [-0.4, -0.2) is 33.8 Å². The summed E-state index contributed by atoms with van der Waals surface area (Å²) < 4.78 is 14.2. The Morgan fingerprint density at radius 1 is 1.17 bits per heavy atom. The summed E-state index contributed by atoms with van der Waals surface area (Å²) >= 11 is 0. The van der Waals surface area contributed by atoms with E-state index in [-0.39, 0.29) is 23.1 Å². The number of carboxylic acid groups (broad SMARTS) is 1. The van der Waals surface area contributed by atoms with Crippen LogP contribution in [0.15, 0.2) is 42.5 Å². The van der Waals surface area contributed by atoms with Crippen LogP contribution in [-0.2, 0) is 22.6 Å². The molecule has 1 unspecified atom stereocenters. The molecule has 0 spiro atoms. The summed E-state index contributed by atoms with van der Waals surface area (Å²) in [6.07, 6.45) is 0.647. The van der Waals surface area contributed by atoms with Crippen LogP contribution >= 0.6 is 0 Å². The monoisotopic (exact) mass is 398 g/mol. The summed E-state index contributed by atoms with van der Waals surface area (Å²) in [7, 11) is 0. The molecule has 1 heterocycles. The number of carbonyl (C=O) groups is 3. The van der Waals surface area contributed by atoms with Gasteiger partial charge in [0.1, 0.15) is 11.9 Å². The normalized spacial score (nSPS) is 15.7. The number of nitrogens with zero attached hydrogens (tertiary/aromatic N) is 1. The fraction of sp³-hybridized carbons (Fsp3) is 0.318. The number of hydrogen-bond donors (Lipinski definition) is 2. The van der Waals surface area contributed by atoms with Crippen LogP contribution in [0, 0.1) is 11.7 Å². The number of fused-ring (bicyclic) bond motifs is 1. The molecule has 0 aliphatic carbocycles. The van der Waals surface area contributed by atoms with E-state index in [4.69, 9.17) is 5.11 Å². The average Bonchev–Trinajstić information content (AvgIpc) is 2.67. The summed E-state index contributed by atoms with van der Waals surface area (Å²) in [5, 5.41) is 11.5. The van der Waals surface area contributed by atoms with Crippen LogP contribution in [0.25, 0.3) is 0 Å². The minimum absolute atomic E-state index is 0.116. The smallest absolute Gasteiger partial charge is 0.335 e. The van der Waals surface area contributed by atoms with E-state index in [0.717, 1.165) is 17.2 Å². The molecule has 1 aliphatic heterocycles. The molecule has 0 saturated carbocycles. The summed E-state index contributed by atoms with van der Waals surface area (Å²) in [5.41, 5.74) is 1.64. The molecule has 0 aromatic heterocycles. The van der Waals surface area contributed by atoms with Gasteiger partial charge in [-0.15, -0.1) is 0 Å². The van der Waals surface area contributed by atoms with Crippen LogP contribution in [0.5, 0.6) is 0 Å².